The van der Waals surface area contributed by atoms with Crippen LogP contribution in [0.5, 0.6) is 0 Å². The number of ether oxygens (including phenoxy) is 2. The van der Waals surface area contributed by atoms with E-state index in [0.717, 1.165) is 42.9 Å². The first-order valence-corrected chi connectivity index (χ1v) is 20.7. The Hall–Kier alpha value is -3.49. The smallest absolute Gasteiger partial charge is 0.308 e. The average Bonchev–Trinajstić information content (AvgIpc) is 3.55. The number of piperidine rings is 1. The number of carbonyl (C=O) groups excluding carboxylic acids is 5. The van der Waals surface area contributed by atoms with Gasteiger partial charge in [0.2, 0.25) is 11.8 Å². The van der Waals surface area contributed by atoms with E-state index in [0.29, 0.717) is 17.8 Å². The van der Waals surface area contributed by atoms with Crippen molar-refractivity contribution in [3.63, 3.8) is 0 Å². The number of nitrogens with one attached hydrogen (secondary N) is 2. The van der Waals surface area contributed by atoms with Crippen molar-refractivity contribution in [3.8, 4) is 0 Å². The molecule has 7 atom stereocenters. The Morgan fingerprint density at radius 2 is 1.81 bits per heavy atom. The van der Waals surface area contributed by atoms with Crippen molar-refractivity contribution in [2.24, 2.45) is 17.8 Å². The quantitative estimate of drug-likeness (QED) is 0.228. The zero-order valence-electron chi connectivity index (χ0n) is 32.0. The van der Waals surface area contributed by atoms with Crippen LogP contribution in [-0.2, 0) is 28.7 Å². The number of esters is 2. The molecule has 1 saturated carbocycles. The highest BCUT2D eigenvalue weighted by atomic mass is 32.2. The minimum atomic E-state index is -0.809. The van der Waals surface area contributed by atoms with Crippen LogP contribution in [0.3, 0.4) is 0 Å². The number of carbonyl (C=O) groups is 5. The van der Waals surface area contributed by atoms with Gasteiger partial charge in [-0.25, -0.2) is 4.98 Å². The number of methoxy groups -OCH3 is 1. The van der Waals surface area contributed by atoms with E-state index in [2.05, 4.69) is 20.5 Å². The number of aromatic nitrogens is 1. The van der Waals surface area contributed by atoms with Crippen molar-refractivity contribution in [1.82, 2.24) is 25.4 Å². The zero-order valence-corrected chi connectivity index (χ0v) is 33.6. The van der Waals surface area contributed by atoms with Gasteiger partial charge in [-0.3, -0.25) is 28.9 Å². The Kier molecular flexibility index (Phi) is 13.6. The predicted molar refractivity (Wildman–Crippen MR) is 205 cm³/mol. The largest absolute Gasteiger partial charge is 0.469 e. The fraction of sp³-hybridized carbons (Fsp3) is 0.641. The molecule has 53 heavy (non-hydrogen) atoms. The van der Waals surface area contributed by atoms with Crippen LogP contribution in [0.4, 0.5) is 0 Å². The predicted octanol–water partition coefficient (Wildman–Crippen LogP) is 4.81. The maximum atomic E-state index is 14.2. The second kappa shape index (κ2) is 17.8. The van der Waals surface area contributed by atoms with E-state index >= 15 is 0 Å². The Morgan fingerprint density at radius 3 is 2.42 bits per heavy atom. The summed E-state index contributed by atoms with van der Waals surface area (Å²) < 4.78 is 10.8. The van der Waals surface area contributed by atoms with Gasteiger partial charge in [-0.05, 0) is 62.3 Å². The number of hydrogen-bond acceptors (Lipinski definition) is 11. The molecule has 1 aromatic carbocycles. The number of thiazole rings is 1. The third-order valence-electron chi connectivity index (χ3n) is 11.1. The molecule has 2 unspecified atom stereocenters. The lowest BCUT2D eigenvalue weighted by Crippen LogP contribution is -2.60. The van der Waals surface area contributed by atoms with E-state index in [1.54, 1.807) is 36.0 Å². The number of rotatable bonds is 16. The summed E-state index contributed by atoms with van der Waals surface area (Å²) in [6, 6.07) is 8.64. The van der Waals surface area contributed by atoms with Gasteiger partial charge in [-0.1, -0.05) is 57.5 Å². The lowest BCUT2D eigenvalue weighted by molar-refractivity contribution is -0.149. The van der Waals surface area contributed by atoms with Crippen molar-refractivity contribution in [2.75, 3.05) is 39.3 Å². The van der Waals surface area contributed by atoms with Crippen molar-refractivity contribution >= 4 is 52.8 Å². The molecule has 2 aromatic rings. The van der Waals surface area contributed by atoms with Gasteiger partial charge in [-0.2, -0.15) is 11.8 Å². The molecule has 2 aliphatic heterocycles. The molecule has 3 heterocycles. The topological polar surface area (TPSA) is 147 Å². The molecule has 3 amide bonds. The second-order valence-corrected chi connectivity index (χ2v) is 17.3. The summed E-state index contributed by atoms with van der Waals surface area (Å²) >= 11 is 2.99. The van der Waals surface area contributed by atoms with E-state index in [1.165, 1.54) is 25.4 Å². The first kappa shape index (κ1) is 40.7. The maximum absolute atomic E-state index is 14.2. The van der Waals surface area contributed by atoms with Crippen LogP contribution >= 0.6 is 23.1 Å². The standard InChI is InChI=1S/C39H55N5O7S2/c1-23(2)31(44(6)37(48)33(27-20-52-21-27)41-35(47)30-15-11-12-16-43(30)5)17-32(51-25(4)45)36-40-29(22-53-36)34(46)42-39(18-24(3)38(49)50-7)19-28(39)26-13-9-8-10-14-26/h8-10,13-14,22-24,27-28,30-33H,11-12,15-21H2,1-7H3,(H,41,47)(H,42,46)/t24-,28?,30+,31+,32+,33-,39?/m0/s1. The normalized spacial score (nSPS) is 23.8. The summed E-state index contributed by atoms with van der Waals surface area (Å²) in [6.07, 6.45) is 3.34. The zero-order chi connectivity index (χ0) is 38.4. The lowest BCUT2D eigenvalue weighted by atomic mass is 9.93. The van der Waals surface area contributed by atoms with Gasteiger partial charge in [0.15, 0.2) is 6.10 Å². The van der Waals surface area contributed by atoms with Gasteiger partial charge in [0.05, 0.1) is 19.1 Å². The number of hydrogen-bond donors (Lipinski definition) is 2. The minimum absolute atomic E-state index is 0.0252. The van der Waals surface area contributed by atoms with Crippen LogP contribution < -0.4 is 10.6 Å². The highest BCUT2D eigenvalue weighted by Crippen LogP contribution is 2.55. The van der Waals surface area contributed by atoms with E-state index in [-0.39, 0.29) is 65.6 Å². The number of nitrogens with zero attached hydrogens (tertiary/aromatic N) is 3. The molecule has 5 rings (SSSR count). The second-order valence-electron chi connectivity index (χ2n) is 15.3. The van der Waals surface area contributed by atoms with Gasteiger partial charge in [0.1, 0.15) is 16.7 Å². The minimum Gasteiger partial charge on any atom is -0.469 e. The molecule has 2 saturated heterocycles. The monoisotopic (exact) mass is 769 g/mol. The van der Waals surface area contributed by atoms with Crippen molar-refractivity contribution in [1.29, 1.82) is 0 Å². The summed E-state index contributed by atoms with van der Waals surface area (Å²) in [5, 5.41) is 8.44. The maximum Gasteiger partial charge on any atom is 0.308 e. The summed E-state index contributed by atoms with van der Waals surface area (Å²) in [4.78, 5) is 74.8. The summed E-state index contributed by atoms with van der Waals surface area (Å²) in [6.45, 7) is 8.01. The lowest BCUT2D eigenvalue weighted by Gasteiger charge is -2.40. The fourth-order valence-corrected chi connectivity index (χ4v) is 9.60. The van der Waals surface area contributed by atoms with Gasteiger partial charge in [-0.15, -0.1) is 11.3 Å². The van der Waals surface area contributed by atoms with E-state index < -0.39 is 29.6 Å². The summed E-state index contributed by atoms with van der Waals surface area (Å²) in [5.74, 6) is -0.265. The summed E-state index contributed by atoms with van der Waals surface area (Å²) in [5.41, 5.74) is 0.625. The molecule has 3 aliphatic rings. The molecule has 1 aromatic heterocycles. The summed E-state index contributed by atoms with van der Waals surface area (Å²) in [7, 11) is 5.07. The molecular formula is C39H55N5O7S2. The molecule has 12 nitrogen and oxygen atoms in total. The molecule has 3 fully saturated rings. The van der Waals surface area contributed by atoms with E-state index in [9.17, 15) is 24.0 Å². The number of amides is 3. The Labute approximate surface area is 321 Å². The first-order valence-electron chi connectivity index (χ1n) is 18.7. The molecule has 14 heteroatoms. The van der Waals surface area contributed by atoms with Gasteiger partial charge in [0.25, 0.3) is 5.91 Å². The van der Waals surface area contributed by atoms with E-state index in [4.69, 9.17) is 9.47 Å². The first-order chi connectivity index (χ1) is 25.2. The number of likely N-dealkylation sites (tertiary alicyclic amines) is 1. The van der Waals surface area contributed by atoms with Crippen LogP contribution in [0.15, 0.2) is 35.7 Å². The van der Waals surface area contributed by atoms with Crippen LogP contribution in [0.1, 0.15) is 99.3 Å². The van der Waals surface area contributed by atoms with Crippen LogP contribution in [0, 0.1) is 17.8 Å². The average molecular weight is 770 g/mol. The third kappa shape index (κ3) is 9.79. The molecule has 0 spiro atoms. The Morgan fingerprint density at radius 1 is 1.09 bits per heavy atom. The van der Waals surface area contributed by atoms with Crippen LogP contribution in [-0.4, -0.2) is 107 Å². The SMILES string of the molecule is COC(=O)[C@@H](C)CC1(NC(=O)c2csc([C@@H](C[C@H](C(C)C)N(C)C(=O)[C@@H](NC(=O)[C@H]3CCCCN3C)C3CSC3)OC(C)=O)n2)CC1c1ccccc1. The van der Waals surface area contributed by atoms with Crippen molar-refractivity contribution < 1.29 is 33.4 Å². The highest BCUT2D eigenvalue weighted by molar-refractivity contribution is 8.00. The molecule has 290 valence electrons. The number of likely N-dealkylation sites (N-methyl/N-ethyl adjacent to an activating group) is 2. The molecule has 2 N–H and O–H groups in total. The third-order valence-corrected chi connectivity index (χ3v) is 13.4. The van der Waals surface area contributed by atoms with Crippen LogP contribution in [0.2, 0.25) is 0 Å². The highest BCUT2D eigenvalue weighted by Gasteiger charge is 2.57. The van der Waals surface area contributed by atoms with Crippen molar-refractivity contribution in [3.05, 3.63) is 52.0 Å². The Bertz CT molecular complexity index is 1620. The Balaban J connectivity index is 1.32. The van der Waals surface area contributed by atoms with Crippen LogP contribution in [0.25, 0.3) is 0 Å². The fourth-order valence-electron chi connectivity index (χ4n) is 7.87. The van der Waals surface area contributed by atoms with Crippen molar-refractivity contribution in [2.45, 2.75) is 102 Å². The molecular weight excluding hydrogens is 715 g/mol. The van der Waals surface area contributed by atoms with Gasteiger partial charge < -0.3 is 25.0 Å². The molecule has 0 bridgehead atoms. The number of thioether (sulfide) groups is 1. The molecule has 0 radical (unpaired) electrons. The van der Waals surface area contributed by atoms with E-state index in [1.807, 2.05) is 51.2 Å². The number of benzene rings is 1. The molecule has 1 aliphatic carbocycles. The van der Waals surface area contributed by atoms with Gasteiger partial charge in [0, 0.05) is 49.2 Å². The van der Waals surface area contributed by atoms with Gasteiger partial charge >= 0.3 is 11.9 Å².